The van der Waals surface area contributed by atoms with Gasteiger partial charge in [-0.2, -0.15) is 0 Å². The standard InChI is InChI=1S/C37H28FN/c1-37(2)33-23-26(19-22-32(33)36-31-16-10-9-15-30(31)35(38)24-34(36)37)25-17-20-29(21-18-25)39(27-11-5-3-6-12-27)28-13-7-4-8-14-28/h3-24H,1-2H3. The second-order valence-corrected chi connectivity index (χ2v) is 10.8. The second kappa shape index (κ2) is 8.96. The molecule has 0 aliphatic heterocycles. The van der Waals surface area contributed by atoms with Gasteiger partial charge in [-0.15, -0.1) is 0 Å². The van der Waals surface area contributed by atoms with Gasteiger partial charge in [-0.25, -0.2) is 4.39 Å². The quantitative estimate of drug-likeness (QED) is 0.230. The number of nitrogens with zero attached hydrogens (tertiary/aromatic N) is 1. The summed E-state index contributed by atoms with van der Waals surface area (Å²) in [4.78, 5) is 2.27. The third-order valence-electron chi connectivity index (χ3n) is 8.12. The second-order valence-electron chi connectivity index (χ2n) is 10.8. The van der Waals surface area contributed by atoms with E-state index in [1.807, 2.05) is 36.4 Å². The van der Waals surface area contributed by atoms with E-state index >= 15 is 4.39 Å². The van der Waals surface area contributed by atoms with E-state index in [0.717, 1.165) is 44.7 Å². The van der Waals surface area contributed by atoms with Crippen LogP contribution in [0.25, 0.3) is 33.0 Å². The van der Waals surface area contributed by atoms with Crippen molar-refractivity contribution in [2.45, 2.75) is 19.3 Å². The molecule has 0 saturated heterocycles. The molecule has 1 nitrogen and oxygen atoms in total. The SMILES string of the molecule is CC1(C)c2cc(-c3ccc(N(c4ccccc4)c4ccccc4)cc3)ccc2-c2c1cc(F)c1ccccc21. The van der Waals surface area contributed by atoms with Crippen LogP contribution in [-0.2, 0) is 5.41 Å². The predicted molar refractivity (Wildman–Crippen MR) is 162 cm³/mol. The highest BCUT2D eigenvalue weighted by Crippen LogP contribution is 2.52. The molecule has 6 aromatic rings. The molecule has 0 heterocycles. The maximum atomic E-state index is 15.1. The van der Waals surface area contributed by atoms with Crippen molar-refractivity contribution < 1.29 is 4.39 Å². The number of hydrogen-bond donors (Lipinski definition) is 0. The van der Waals surface area contributed by atoms with Crippen LogP contribution in [0.3, 0.4) is 0 Å². The van der Waals surface area contributed by atoms with Crippen molar-refractivity contribution in [2.75, 3.05) is 4.90 Å². The van der Waals surface area contributed by atoms with E-state index in [2.05, 4.69) is 110 Å². The average molecular weight is 506 g/mol. The van der Waals surface area contributed by atoms with Crippen LogP contribution in [0.2, 0.25) is 0 Å². The van der Waals surface area contributed by atoms with Crippen molar-refractivity contribution in [3.05, 3.63) is 150 Å². The van der Waals surface area contributed by atoms with Gasteiger partial charge in [0.15, 0.2) is 0 Å². The molecule has 0 amide bonds. The molecule has 0 fully saturated rings. The maximum Gasteiger partial charge on any atom is 0.131 e. The maximum absolute atomic E-state index is 15.1. The molecule has 1 aliphatic rings. The Morgan fingerprint density at radius 1 is 0.513 bits per heavy atom. The summed E-state index contributed by atoms with van der Waals surface area (Å²) in [7, 11) is 0. The minimum absolute atomic E-state index is 0.151. The number of halogens is 1. The van der Waals surface area contributed by atoms with Crippen LogP contribution in [0.4, 0.5) is 21.5 Å². The summed E-state index contributed by atoms with van der Waals surface area (Å²) in [6.07, 6.45) is 0. The number of hydrogen-bond acceptors (Lipinski definition) is 1. The van der Waals surface area contributed by atoms with E-state index in [4.69, 9.17) is 0 Å². The molecule has 0 saturated carbocycles. The molecule has 2 heteroatoms. The van der Waals surface area contributed by atoms with E-state index in [1.165, 1.54) is 11.1 Å². The summed E-state index contributed by atoms with van der Waals surface area (Å²) in [5.41, 5.74) is 10.0. The summed E-state index contributed by atoms with van der Waals surface area (Å²) in [5, 5.41) is 1.67. The highest BCUT2D eigenvalue weighted by molar-refractivity contribution is 6.03. The van der Waals surface area contributed by atoms with E-state index in [-0.39, 0.29) is 11.2 Å². The third-order valence-corrected chi connectivity index (χ3v) is 8.12. The lowest BCUT2D eigenvalue weighted by atomic mass is 9.81. The van der Waals surface area contributed by atoms with Crippen molar-refractivity contribution in [3.63, 3.8) is 0 Å². The molecule has 6 aromatic carbocycles. The lowest BCUT2D eigenvalue weighted by molar-refractivity contribution is 0.619. The number of anilines is 3. The van der Waals surface area contributed by atoms with Gasteiger partial charge < -0.3 is 4.90 Å². The molecule has 0 radical (unpaired) electrons. The number of para-hydroxylation sites is 2. The Labute approximate surface area is 228 Å². The van der Waals surface area contributed by atoms with Crippen molar-refractivity contribution in [2.24, 2.45) is 0 Å². The predicted octanol–water partition coefficient (Wildman–Crippen LogP) is 10.4. The van der Waals surface area contributed by atoms with Crippen LogP contribution in [0.5, 0.6) is 0 Å². The van der Waals surface area contributed by atoms with Crippen molar-refractivity contribution in [1.82, 2.24) is 0 Å². The molecule has 0 spiro atoms. The molecule has 188 valence electrons. The van der Waals surface area contributed by atoms with Crippen LogP contribution < -0.4 is 4.90 Å². The van der Waals surface area contributed by atoms with Gasteiger partial charge in [0, 0.05) is 27.9 Å². The van der Waals surface area contributed by atoms with Gasteiger partial charge in [-0.3, -0.25) is 0 Å². The molecule has 39 heavy (non-hydrogen) atoms. The molecular formula is C37H28FN. The zero-order chi connectivity index (χ0) is 26.6. The van der Waals surface area contributed by atoms with E-state index in [0.29, 0.717) is 5.39 Å². The number of rotatable bonds is 4. The zero-order valence-electron chi connectivity index (χ0n) is 22.0. The minimum atomic E-state index is -0.289. The molecule has 0 aromatic heterocycles. The smallest absolute Gasteiger partial charge is 0.131 e. The third kappa shape index (κ3) is 3.75. The Hall–Kier alpha value is -4.69. The Bertz CT molecular complexity index is 1780. The van der Waals surface area contributed by atoms with Gasteiger partial charge in [-0.05, 0) is 87.3 Å². The number of benzene rings is 6. The molecule has 0 atom stereocenters. The van der Waals surface area contributed by atoms with Crippen molar-refractivity contribution in [1.29, 1.82) is 0 Å². The fourth-order valence-electron chi connectivity index (χ4n) is 6.12. The fourth-order valence-corrected chi connectivity index (χ4v) is 6.12. The van der Waals surface area contributed by atoms with E-state index < -0.39 is 0 Å². The zero-order valence-corrected chi connectivity index (χ0v) is 22.0. The summed E-state index contributed by atoms with van der Waals surface area (Å²) < 4.78 is 15.1. The lowest BCUT2D eigenvalue weighted by Gasteiger charge is -2.25. The molecular weight excluding hydrogens is 477 g/mol. The first-order valence-electron chi connectivity index (χ1n) is 13.4. The first kappa shape index (κ1) is 23.4. The average Bonchev–Trinajstić information content (AvgIpc) is 3.21. The Morgan fingerprint density at radius 3 is 1.69 bits per heavy atom. The Morgan fingerprint density at radius 2 is 1.05 bits per heavy atom. The Balaban J connectivity index is 1.30. The first-order valence-corrected chi connectivity index (χ1v) is 13.4. The monoisotopic (exact) mass is 505 g/mol. The lowest BCUT2D eigenvalue weighted by Crippen LogP contribution is -2.15. The largest absolute Gasteiger partial charge is 0.311 e. The molecule has 0 unspecified atom stereocenters. The van der Waals surface area contributed by atoms with Crippen molar-refractivity contribution >= 4 is 27.8 Å². The van der Waals surface area contributed by atoms with Gasteiger partial charge in [0.2, 0.25) is 0 Å². The van der Waals surface area contributed by atoms with Crippen LogP contribution in [0, 0.1) is 5.82 Å². The highest BCUT2D eigenvalue weighted by atomic mass is 19.1. The topological polar surface area (TPSA) is 3.24 Å². The van der Waals surface area contributed by atoms with Crippen LogP contribution in [0.15, 0.2) is 133 Å². The first-order chi connectivity index (χ1) is 19.0. The van der Waals surface area contributed by atoms with Gasteiger partial charge in [-0.1, -0.05) is 98.8 Å². The minimum Gasteiger partial charge on any atom is -0.311 e. The summed E-state index contributed by atoms with van der Waals surface area (Å²) in [6, 6.07) is 45.9. The van der Waals surface area contributed by atoms with E-state index in [1.54, 1.807) is 6.07 Å². The van der Waals surface area contributed by atoms with Crippen LogP contribution >= 0.6 is 0 Å². The molecule has 0 N–H and O–H groups in total. The van der Waals surface area contributed by atoms with Gasteiger partial charge in [0.1, 0.15) is 5.82 Å². The van der Waals surface area contributed by atoms with Crippen LogP contribution in [-0.4, -0.2) is 0 Å². The normalized spacial score (nSPS) is 13.2. The molecule has 1 aliphatic carbocycles. The van der Waals surface area contributed by atoms with E-state index in [9.17, 15) is 0 Å². The summed E-state index contributed by atoms with van der Waals surface area (Å²) in [6.45, 7) is 4.41. The summed E-state index contributed by atoms with van der Waals surface area (Å²) in [5.74, 6) is -0.151. The summed E-state index contributed by atoms with van der Waals surface area (Å²) >= 11 is 0. The number of fused-ring (bicyclic) bond motifs is 5. The van der Waals surface area contributed by atoms with Gasteiger partial charge >= 0.3 is 0 Å². The van der Waals surface area contributed by atoms with Crippen molar-refractivity contribution in [3.8, 4) is 22.3 Å². The van der Waals surface area contributed by atoms with Gasteiger partial charge in [0.05, 0.1) is 0 Å². The van der Waals surface area contributed by atoms with Crippen LogP contribution in [0.1, 0.15) is 25.0 Å². The van der Waals surface area contributed by atoms with Gasteiger partial charge in [0.25, 0.3) is 0 Å². The Kier molecular flexibility index (Phi) is 5.38. The fraction of sp³-hybridized carbons (Fsp3) is 0.0811. The highest BCUT2D eigenvalue weighted by Gasteiger charge is 2.37. The molecule has 0 bridgehead atoms. The molecule has 7 rings (SSSR count).